The molecule has 7 heteroatoms. The Morgan fingerprint density at radius 1 is 0.893 bits per heavy atom. The summed E-state index contributed by atoms with van der Waals surface area (Å²) in [5.74, 6) is -2.65. The molecule has 0 radical (unpaired) electrons. The second-order valence-electron chi connectivity index (χ2n) is 7.31. The second kappa shape index (κ2) is 5.76. The number of carbonyl (C=O) groups excluding carboxylic acids is 3. The van der Waals surface area contributed by atoms with E-state index in [0.717, 1.165) is 27.2 Å². The molecule has 2 atom stereocenters. The van der Waals surface area contributed by atoms with Gasteiger partial charge in [0.05, 0.1) is 27.6 Å². The van der Waals surface area contributed by atoms with Gasteiger partial charge >= 0.3 is 5.97 Å². The van der Waals surface area contributed by atoms with Gasteiger partial charge in [0.25, 0.3) is 0 Å². The van der Waals surface area contributed by atoms with Gasteiger partial charge in [-0.2, -0.15) is 0 Å². The number of alkyl halides is 2. The van der Waals surface area contributed by atoms with Crippen molar-refractivity contribution in [2.24, 2.45) is 11.8 Å². The van der Waals surface area contributed by atoms with E-state index >= 15 is 0 Å². The van der Waals surface area contributed by atoms with E-state index in [-0.39, 0.29) is 18.4 Å². The van der Waals surface area contributed by atoms with Crippen LogP contribution in [0.25, 0.3) is 0 Å². The van der Waals surface area contributed by atoms with Crippen molar-refractivity contribution in [1.29, 1.82) is 0 Å². The second-order valence-corrected chi connectivity index (χ2v) is 9.81. The largest absolute Gasteiger partial charge is 0.468 e. The lowest BCUT2D eigenvalue weighted by molar-refractivity contribution is -0.151. The first kappa shape index (κ1) is 18.1. The summed E-state index contributed by atoms with van der Waals surface area (Å²) in [5, 5.41) is 0. The monoisotopic (exact) mass is 503 g/mol. The van der Waals surface area contributed by atoms with Crippen molar-refractivity contribution in [1.82, 2.24) is 4.90 Å². The summed E-state index contributed by atoms with van der Waals surface area (Å²) < 4.78 is 3.03. The summed E-state index contributed by atoms with van der Waals surface area (Å²) in [6.45, 7) is -0.375. The zero-order valence-electron chi connectivity index (χ0n) is 14.8. The smallest absolute Gasteiger partial charge is 0.325 e. The van der Waals surface area contributed by atoms with E-state index in [4.69, 9.17) is 4.74 Å². The highest BCUT2D eigenvalue weighted by atomic mass is 79.9. The van der Waals surface area contributed by atoms with E-state index in [2.05, 4.69) is 31.9 Å². The average Bonchev–Trinajstić information content (AvgIpc) is 2.97. The number of ether oxygens (including phenoxy) is 1. The topological polar surface area (TPSA) is 63.7 Å². The third kappa shape index (κ3) is 1.89. The first-order chi connectivity index (χ1) is 13.4. The van der Waals surface area contributed by atoms with Crippen molar-refractivity contribution in [3.8, 4) is 0 Å². The van der Waals surface area contributed by atoms with Crippen LogP contribution in [0.3, 0.4) is 0 Å². The van der Waals surface area contributed by atoms with Crippen LogP contribution in [0.15, 0.2) is 48.5 Å². The molecule has 0 spiro atoms. The molecule has 1 fully saturated rings. The molecule has 3 aliphatic carbocycles. The van der Waals surface area contributed by atoms with Gasteiger partial charge in [0.15, 0.2) is 0 Å². The Morgan fingerprint density at radius 3 is 1.57 bits per heavy atom. The highest BCUT2D eigenvalue weighted by Gasteiger charge is 2.72. The number of rotatable bonds is 2. The third-order valence-electron chi connectivity index (χ3n) is 6.19. The van der Waals surface area contributed by atoms with Crippen LogP contribution in [0.5, 0.6) is 0 Å². The zero-order valence-corrected chi connectivity index (χ0v) is 18.0. The molecule has 1 aliphatic heterocycles. The minimum atomic E-state index is -0.835. The van der Waals surface area contributed by atoms with Crippen molar-refractivity contribution < 1.29 is 19.1 Å². The van der Waals surface area contributed by atoms with Gasteiger partial charge in [0, 0.05) is 0 Å². The number of amides is 2. The summed E-state index contributed by atoms with van der Waals surface area (Å²) in [5.41, 5.74) is 3.86. The summed E-state index contributed by atoms with van der Waals surface area (Å²) in [7, 11) is 1.24. The van der Waals surface area contributed by atoms with Gasteiger partial charge in [-0.3, -0.25) is 19.3 Å². The fourth-order valence-electron chi connectivity index (χ4n) is 5.07. The number of benzene rings is 2. The highest BCUT2D eigenvalue weighted by Crippen LogP contribution is 2.70. The highest BCUT2D eigenvalue weighted by molar-refractivity contribution is 9.10. The van der Waals surface area contributed by atoms with E-state index in [0.29, 0.717) is 0 Å². The van der Waals surface area contributed by atoms with Crippen LogP contribution < -0.4 is 0 Å². The van der Waals surface area contributed by atoms with Crippen LogP contribution in [0, 0.1) is 11.8 Å². The minimum absolute atomic E-state index is 0.356. The van der Waals surface area contributed by atoms with Crippen LogP contribution >= 0.6 is 31.9 Å². The van der Waals surface area contributed by atoms with Gasteiger partial charge < -0.3 is 4.74 Å². The van der Waals surface area contributed by atoms with Gasteiger partial charge in [0.2, 0.25) is 11.8 Å². The molecular formula is C21H15Br2NO4. The predicted octanol–water partition coefficient (Wildman–Crippen LogP) is 3.06. The normalized spacial score (nSPS) is 32.0. The number of nitrogens with zero attached hydrogens (tertiary/aromatic N) is 1. The molecule has 2 aromatic rings. The molecule has 0 unspecified atom stereocenters. The summed E-state index contributed by atoms with van der Waals surface area (Å²) >= 11 is 7.81. The van der Waals surface area contributed by atoms with Gasteiger partial charge in [0.1, 0.15) is 6.54 Å². The van der Waals surface area contributed by atoms with Gasteiger partial charge in [-0.25, -0.2) is 0 Å². The van der Waals surface area contributed by atoms with Crippen molar-refractivity contribution in [2.45, 2.75) is 8.65 Å². The fraction of sp³-hybridized carbons (Fsp3) is 0.286. The Labute approximate surface area is 178 Å². The number of hydrogen-bond donors (Lipinski definition) is 0. The van der Waals surface area contributed by atoms with Gasteiger partial charge in [-0.15, -0.1) is 0 Å². The van der Waals surface area contributed by atoms with Crippen LogP contribution in [0.2, 0.25) is 0 Å². The van der Waals surface area contributed by atoms with Gasteiger partial charge in [-0.1, -0.05) is 80.4 Å². The number of likely N-dealkylation sites (tertiary alicyclic amines) is 1. The van der Waals surface area contributed by atoms with Crippen molar-refractivity contribution in [2.75, 3.05) is 13.7 Å². The van der Waals surface area contributed by atoms with Crippen LogP contribution in [0.4, 0.5) is 0 Å². The SMILES string of the molecule is COC(=O)CN1C(=O)[C@@H]2[C@@H](C1=O)C1(Br)c3ccccc3C2(Br)c2ccccc21. The number of carbonyl (C=O) groups is 3. The number of esters is 1. The maximum absolute atomic E-state index is 13.4. The van der Waals surface area contributed by atoms with Crippen LogP contribution in [0.1, 0.15) is 22.3 Å². The van der Waals surface area contributed by atoms with Crippen molar-refractivity contribution >= 4 is 49.6 Å². The number of hydrogen-bond acceptors (Lipinski definition) is 4. The van der Waals surface area contributed by atoms with Crippen LogP contribution in [-0.2, 0) is 27.8 Å². The van der Waals surface area contributed by atoms with Crippen molar-refractivity contribution in [3.05, 3.63) is 70.8 Å². The molecule has 1 heterocycles. The lowest BCUT2D eigenvalue weighted by Crippen LogP contribution is -2.56. The Morgan fingerprint density at radius 2 is 1.25 bits per heavy atom. The summed E-state index contributed by atoms with van der Waals surface area (Å²) in [6.07, 6.45) is 0. The Hall–Kier alpha value is -1.99. The van der Waals surface area contributed by atoms with Crippen molar-refractivity contribution in [3.63, 3.8) is 0 Å². The molecule has 6 rings (SSSR count). The number of methoxy groups -OCH3 is 1. The minimum Gasteiger partial charge on any atom is -0.468 e. The predicted molar refractivity (Wildman–Crippen MR) is 108 cm³/mol. The Kier molecular flexibility index (Phi) is 3.72. The molecule has 28 heavy (non-hydrogen) atoms. The summed E-state index contributed by atoms with van der Waals surface area (Å²) in [4.78, 5) is 39.7. The third-order valence-corrected chi connectivity index (χ3v) is 8.89. The molecule has 5 nitrogen and oxygen atoms in total. The molecule has 2 amide bonds. The first-order valence-electron chi connectivity index (χ1n) is 8.86. The molecule has 0 saturated carbocycles. The van der Waals surface area contributed by atoms with E-state index in [1.54, 1.807) is 0 Å². The Balaban J connectivity index is 1.81. The van der Waals surface area contributed by atoms with E-state index in [9.17, 15) is 14.4 Å². The molecule has 142 valence electrons. The standard InChI is InChI=1S/C21H15Br2NO4/c1-28-15(25)10-24-18(26)16-17(19(24)27)21(23)12-7-3-2-6-11(12)20(16,22)13-8-4-5-9-14(13)21/h2-9,16-17H,10H2,1H3/t16-,17-,20?,21?/m0/s1. The fourth-order valence-corrected chi connectivity index (χ4v) is 7.38. The maximum Gasteiger partial charge on any atom is 0.325 e. The molecule has 2 bridgehead atoms. The molecule has 4 aliphatic rings. The molecule has 2 aromatic carbocycles. The van der Waals surface area contributed by atoms with E-state index in [1.807, 2.05) is 48.5 Å². The summed E-state index contributed by atoms with van der Waals surface area (Å²) in [6, 6.07) is 15.7. The molecule has 1 saturated heterocycles. The van der Waals surface area contributed by atoms with E-state index in [1.165, 1.54) is 7.11 Å². The Bertz CT molecular complexity index is 944. The number of imide groups is 1. The quantitative estimate of drug-likeness (QED) is 0.358. The zero-order chi connectivity index (χ0) is 19.8. The van der Waals surface area contributed by atoms with Gasteiger partial charge in [-0.05, 0) is 22.3 Å². The first-order valence-corrected chi connectivity index (χ1v) is 10.4. The maximum atomic E-state index is 13.4. The number of halogens is 2. The lowest BCUT2D eigenvalue weighted by atomic mass is 9.54. The average molecular weight is 505 g/mol. The van der Waals surface area contributed by atoms with E-state index < -0.39 is 26.5 Å². The van der Waals surface area contributed by atoms with Crippen LogP contribution in [-0.4, -0.2) is 36.3 Å². The molecule has 0 aromatic heterocycles. The lowest BCUT2D eigenvalue weighted by Gasteiger charge is -2.55. The molecular weight excluding hydrogens is 490 g/mol. The molecule has 0 N–H and O–H groups in total.